The van der Waals surface area contributed by atoms with E-state index in [1.807, 2.05) is 22.7 Å². The highest BCUT2D eigenvalue weighted by atomic mass is 16.5. The van der Waals surface area contributed by atoms with E-state index >= 15 is 0 Å². The summed E-state index contributed by atoms with van der Waals surface area (Å²) in [5, 5.41) is 0. The molecule has 4 heteroatoms. The Bertz CT molecular complexity index is 448. The monoisotopic (exact) mass is 176 g/mol. The molecule has 0 bridgehead atoms. The van der Waals surface area contributed by atoms with E-state index in [-0.39, 0.29) is 5.97 Å². The van der Waals surface area contributed by atoms with Gasteiger partial charge in [-0.15, -0.1) is 0 Å². The molecule has 0 atom stereocenters. The van der Waals surface area contributed by atoms with E-state index in [1.165, 1.54) is 6.92 Å². The number of ether oxygens (including phenoxy) is 1. The van der Waals surface area contributed by atoms with Crippen LogP contribution >= 0.6 is 0 Å². The van der Waals surface area contributed by atoms with Crippen molar-refractivity contribution in [2.75, 3.05) is 0 Å². The van der Waals surface area contributed by atoms with Crippen molar-refractivity contribution >= 4 is 11.5 Å². The second kappa shape index (κ2) is 2.90. The lowest BCUT2D eigenvalue weighted by Gasteiger charge is -2.00. The molecule has 0 radical (unpaired) electrons. The van der Waals surface area contributed by atoms with Crippen molar-refractivity contribution in [3.8, 4) is 5.88 Å². The highest BCUT2D eigenvalue weighted by molar-refractivity contribution is 5.68. The highest BCUT2D eigenvalue weighted by Crippen LogP contribution is 2.09. The molecule has 2 aromatic heterocycles. The Morgan fingerprint density at radius 1 is 1.62 bits per heavy atom. The van der Waals surface area contributed by atoms with Crippen molar-refractivity contribution in [1.82, 2.24) is 9.38 Å². The summed E-state index contributed by atoms with van der Waals surface area (Å²) in [6.07, 6.45) is 5.18. The number of hydrogen-bond donors (Lipinski definition) is 0. The van der Waals surface area contributed by atoms with Crippen LogP contribution in [0.1, 0.15) is 6.92 Å². The quantitative estimate of drug-likeness (QED) is 0.614. The predicted octanol–water partition coefficient (Wildman–Crippen LogP) is 1.26. The van der Waals surface area contributed by atoms with E-state index in [1.54, 1.807) is 12.4 Å². The van der Waals surface area contributed by atoms with Crippen molar-refractivity contribution in [3.05, 3.63) is 30.7 Å². The van der Waals surface area contributed by atoms with E-state index in [0.29, 0.717) is 5.88 Å². The van der Waals surface area contributed by atoms with Gasteiger partial charge < -0.3 is 9.14 Å². The third-order valence-electron chi connectivity index (χ3n) is 1.63. The number of fused-ring (bicyclic) bond motifs is 1. The summed E-state index contributed by atoms with van der Waals surface area (Å²) >= 11 is 0. The Balaban J connectivity index is 2.42. The van der Waals surface area contributed by atoms with Crippen LogP contribution in [0.2, 0.25) is 0 Å². The average Bonchev–Trinajstić information content (AvgIpc) is 2.49. The molecule has 4 nitrogen and oxygen atoms in total. The van der Waals surface area contributed by atoms with E-state index in [2.05, 4.69) is 4.98 Å². The number of hydrogen-bond acceptors (Lipinski definition) is 3. The third-order valence-corrected chi connectivity index (χ3v) is 1.63. The molecular formula is C9H8N2O2. The van der Waals surface area contributed by atoms with Crippen LogP contribution in [0.5, 0.6) is 5.88 Å². The summed E-state index contributed by atoms with van der Waals surface area (Å²) < 4.78 is 6.66. The maximum atomic E-state index is 10.6. The fourth-order valence-corrected chi connectivity index (χ4v) is 1.12. The molecule has 66 valence electrons. The lowest BCUT2D eigenvalue weighted by molar-refractivity contribution is -0.132. The normalized spacial score (nSPS) is 10.2. The summed E-state index contributed by atoms with van der Waals surface area (Å²) in [6.45, 7) is 1.35. The molecule has 2 heterocycles. The first-order valence-electron chi connectivity index (χ1n) is 3.87. The van der Waals surface area contributed by atoms with Crippen LogP contribution < -0.4 is 4.74 Å². The standard InChI is InChI=1S/C9H8N2O2/c1-7(12)13-9-6-11-4-2-3-8(11)5-10-9/h2-6H,1H3. The number of esters is 1. The van der Waals surface area contributed by atoms with Gasteiger partial charge in [0, 0.05) is 13.1 Å². The van der Waals surface area contributed by atoms with Crippen molar-refractivity contribution < 1.29 is 9.53 Å². The molecule has 0 spiro atoms. The molecule has 13 heavy (non-hydrogen) atoms. The maximum absolute atomic E-state index is 10.6. The van der Waals surface area contributed by atoms with Crippen LogP contribution in [0.25, 0.3) is 5.52 Å². The number of carbonyl (C=O) groups is 1. The van der Waals surface area contributed by atoms with E-state index < -0.39 is 0 Å². The first kappa shape index (κ1) is 7.79. The molecule has 2 rings (SSSR count). The van der Waals surface area contributed by atoms with Crippen molar-refractivity contribution in [2.24, 2.45) is 0 Å². The maximum Gasteiger partial charge on any atom is 0.309 e. The Morgan fingerprint density at radius 2 is 2.46 bits per heavy atom. The minimum atomic E-state index is -0.362. The summed E-state index contributed by atoms with van der Waals surface area (Å²) in [4.78, 5) is 14.6. The second-order valence-corrected chi connectivity index (χ2v) is 2.66. The van der Waals surface area contributed by atoms with Gasteiger partial charge in [0.15, 0.2) is 0 Å². The van der Waals surface area contributed by atoms with Gasteiger partial charge in [0.25, 0.3) is 0 Å². The van der Waals surface area contributed by atoms with Gasteiger partial charge in [-0.05, 0) is 12.1 Å². The lowest BCUT2D eigenvalue weighted by Crippen LogP contribution is -2.03. The van der Waals surface area contributed by atoms with Gasteiger partial charge in [-0.1, -0.05) is 0 Å². The Kier molecular flexibility index (Phi) is 1.73. The second-order valence-electron chi connectivity index (χ2n) is 2.66. The number of nitrogens with zero attached hydrogens (tertiary/aromatic N) is 2. The Hall–Kier alpha value is -1.84. The Morgan fingerprint density at radius 3 is 3.23 bits per heavy atom. The molecule has 0 fully saturated rings. The van der Waals surface area contributed by atoms with E-state index in [4.69, 9.17) is 4.74 Å². The summed E-state index contributed by atoms with van der Waals surface area (Å²) in [5.41, 5.74) is 0.968. The van der Waals surface area contributed by atoms with Crippen molar-refractivity contribution in [3.63, 3.8) is 0 Å². The zero-order chi connectivity index (χ0) is 9.26. The van der Waals surface area contributed by atoms with Gasteiger partial charge in [-0.3, -0.25) is 4.79 Å². The molecular weight excluding hydrogens is 168 g/mol. The molecule has 0 aliphatic heterocycles. The lowest BCUT2D eigenvalue weighted by atomic mass is 10.5. The highest BCUT2D eigenvalue weighted by Gasteiger charge is 2.00. The number of rotatable bonds is 1. The van der Waals surface area contributed by atoms with Gasteiger partial charge >= 0.3 is 5.97 Å². The SMILES string of the molecule is CC(=O)Oc1cn2cccc2cn1. The van der Waals surface area contributed by atoms with Gasteiger partial charge in [-0.25, -0.2) is 4.98 Å². The zero-order valence-electron chi connectivity index (χ0n) is 7.10. The molecule has 0 saturated carbocycles. The fraction of sp³-hybridized carbons (Fsp3) is 0.111. The molecule has 0 aliphatic carbocycles. The molecule has 0 saturated heterocycles. The molecule has 0 amide bonds. The molecule has 0 N–H and O–H groups in total. The zero-order valence-corrected chi connectivity index (χ0v) is 7.10. The van der Waals surface area contributed by atoms with E-state index in [0.717, 1.165) is 5.52 Å². The summed E-state index contributed by atoms with van der Waals surface area (Å²) in [7, 11) is 0. The predicted molar refractivity (Wildman–Crippen MR) is 46.5 cm³/mol. The van der Waals surface area contributed by atoms with E-state index in [9.17, 15) is 4.79 Å². The van der Waals surface area contributed by atoms with Crippen LogP contribution in [0.15, 0.2) is 30.7 Å². The largest absolute Gasteiger partial charge is 0.406 e. The number of carbonyl (C=O) groups excluding carboxylic acids is 1. The van der Waals surface area contributed by atoms with Crippen molar-refractivity contribution in [2.45, 2.75) is 6.92 Å². The fourth-order valence-electron chi connectivity index (χ4n) is 1.12. The molecule has 2 aromatic rings. The molecule has 0 aliphatic rings. The van der Waals surface area contributed by atoms with Gasteiger partial charge in [-0.2, -0.15) is 0 Å². The van der Waals surface area contributed by atoms with Crippen molar-refractivity contribution in [1.29, 1.82) is 0 Å². The first-order chi connectivity index (χ1) is 6.25. The minimum Gasteiger partial charge on any atom is -0.406 e. The summed E-state index contributed by atoms with van der Waals surface area (Å²) in [5.74, 6) is -0.0461. The number of aromatic nitrogens is 2. The topological polar surface area (TPSA) is 43.6 Å². The van der Waals surface area contributed by atoms with Crippen LogP contribution in [0.4, 0.5) is 0 Å². The van der Waals surface area contributed by atoms with Gasteiger partial charge in [0.05, 0.1) is 17.9 Å². The van der Waals surface area contributed by atoms with Crippen LogP contribution in [0, 0.1) is 0 Å². The van der Waals surface area contributed by atoms with Crippen LogP contribution in [-0.2, 0) is 4.79 Å². The smallest absolute Gasteiger partial charge is 0.309 e. The summed E-state index contributed by atoms with van der Waals surface area (Å²) in [6, 6.07) is 3.82. The van der Waals surface area contributed by atoms with Crippen LogP contribution in [0.3, 0.4) is 0 Å². The minimum absolute atomic E-state index is 0.316. The first-order valence-corrected chi connectivity index (χ1v) is 3.87. The average molecular weight is 176 g/mol. The molecule has 0 unspecified atom stereocenters. The van der Waals surface area contributed by atoms with Crippen LogP contribution in [-0.4, -0.2) is 15.4 Å². The Labute approximate surface area is 74.8 Å². The molecule has 0 aromatic carbocycles. The third kappa shape index (κ3) is 1.51. The van der Waals surface area contributed by atoms with Gasteiger partial charge in [0.1, 0.15) is 0 Å². The van der Waals surface area contributed by atoms with Gasteiger partial charge in [0.2, 0.25) is 5.88 Å².